The molecule has 0 radical (unpaired) electrons. The van der Waals surface area contributed by atoms with Crippen LogP contribution in [-0.2, 0) is 6.54 Å². The van der Waals surface area contributed by atoms with Gasteiger partial charge >= 0.3 is 0 Å². The molecule has 2 rings (SSSR count). The highest BCUT2D eigenvalue weighted by atomic mass is 79.9. The Balaban J connectivity index is 2.29. The number of nitrogens with one attached hydrogen (secondary N) is 1. The molecular weight excluding hydrogens is 318 g/mol. The van der Waals surface area contributed by atoms with Gasteiger partial charge in [0, 0.05) is 12.6 Å². The maximum atomic E-state index is 12.0. The number of aryl methyl sites for hydroxylation is 2. The van der Waals surface area contributed by atoms with Gasteiger partial charge in [-0.25, -0.2) is 4.68 Å². The Morgan fingerprint density at radius 1 is 1.40 bits per heavy atom. The molecule has 0 saturated carbocycles. The second-order valence-electron chi connectivity index (χ2n) is 4.72. The van der Waals surface area contributed by atoms with Gasteiger partial charge in [-0.05, 0) is 47.8 Å². The van der Waals surface area contributed by atoms with Gasteiger partial charge in [-0.2, -0.15) is 5.10 Å². The van der Waals surface area contributed by atoms with E-state index in [9.17, 15) is 4.79 Å². The van der Waals surface area contributed by atoms with Crippen LogP contribution in [0.4, 0.5) is 5.69 Å². The first-order valence-electron chi connectivity index (χ1n) is 6.62. The molecule has 20 heavy (non-hydrogen) atoms. The largest absolute Gasteiger partial charge is 0.376 e. The van der Waals surface area contributed by atoms with Gasteiger partial charge in [0.15, 0.2) is 0 Å². The molecule has 0 fully saturated rings. The summed E-state index contributed by atoms with van der Waals surface area (Å²) >= 11 is 3.36. The fourth-order valence-corrected chi connectivity index (χ4v) is 2.60. The minimum Gasteiger partial charge on any atom is -0.376 e. The van der Waals surface area contributed by atoms with Crippen molar-refractivity contribution in [1.82, 2.24) is 9.78 Å². The van der Waals surface area contributed by atoms with E-state index in [4.69, 9.17) is 0 Å². The van der Waals surface area contributed by atoms with Crippen molar-refractivity contribution >= 4 is 21.6 Å². The van der Waals surface area contributed by atoms with Gasteiger partial charge in [-0.1, -0.05) is 24.3 Å². The van der Waals surface area contributed by atoms with E-state index < -0.39 is 0 Å². The molecule has 2 aromatic rings. The molecule has 1 N–H and O–H groups in total. The monoisotopic (exact) mass is 335 g/mol. The third kappa shape index (κ3) is 2.93. The minimum atomic E-state index is -0.116. The molecule has 1 heterocycles. The molecule has 1 atom stereocenters. The van der Waals surface area contributed by atoms with Gasteiger partial charge in [-0.3, -0.25) is 4.79 Å². The summed E-state index contributed by atoms with van der Waals surface area (Å²) in [5, 5.41) is 7.48. The van der Waals surface area contributed by atoms with Crippen LogP contribution >= 0.6 is 15.9 Å². The Kier molecular flexibility index (Phi) is 4.60. The van der Waals surface area contributed by atoms with Crippen LogP contribution in [0.1, 0.15) is 31.0 Å². The van der Waals surface area contributed by atoms with Crippen molar-refractivity contribution < 1.29 is 0 Å². The van der Waals surface area contributed by atoms with E-state index in [0.29, 0.717) is 11.0 Å². The summed E-state index contributed by atoms with van der Waals surface area (Å²) in [5.41, 5.74) is 3.03. The zero-order chi connectivity index (χ0) is 14.7. The summed E-state index contributed by atoms with van der Waals surface area (Å²) in [6.45, 7) is 6.60. The third-order valence-corrected chi connectivity index (χ3v) is 4.08. The average Bonchev–Trinajstić information content (AvgIpc) is 2.44. The first-order valence-corrected chi connectivity index (χ1v) is 7.41. The molecule has 0 bridgehead atoms. The van der Waals surface area contributed by atoms with E-state index >= 15 is 0 Å². The van der Waals surface area contributed by atoms with Crippen LogP contribution in [0, 0.1) is 6.92 Å². The second-order valence-corrected chi connectivity index (χ2v) is 5.51. The van der Waals surface area contributed by atoms with Crippen molar-refractivity contribution in [3.63, 3.8) is 0 Å². The lowest BCUT2D eigenvalue weighted by atomic mass is 10.0. The molecule has 5 heteroatoms. The SMILES string of the molecule is CCn1ncc(NC(C)c2ccccc2C)c(Br)c1=O. The van der Waals surface area contributed by atoms with E-state index in [0.717, 1.165) is 5.69 Å². The molecule has 0 aliphatic carbocycles. The Labute approximate surface area is 127 Å². The molecular formula is C15H18BrN3O. The van der Waals surface area contributed by atoms with Crippen molar-refractivity contribution in [2.24, 2.45) is 0 Å². The van der Waals surface area contributed by atoms with Gasteiger partial charge in [0.05, 0.1) is 11.9 Å². The fraction of sp³-hybridized carbons (Fsp3) is 0.333. The van der Waals surface area contributed by atoms with Gasteiger partial charge < -0.3 is 5.32 Å². The van der Waals surface area contributed by atoms with Crippen molar-refractivity contribution in [2.45, 2.75) is 33.4 Å². The Morgan fingerprint density at radius 2 is 2.10 bits per heavy atom. The number of nitrogens with zero attached hydrogens (tertiary/aromatic N) is 2. The van der Waals surface area contributed by atoms with E-state index in [-0.39, 0.29) is 11.6 Å². The quantitative estimate of drug-likeness (QED) is 0.929. The zero-order valence-corrected chi connectivity index (χ0v) is 13.4. The molecule has 0 aliphatic rings. The lowest BCUT2D eigenvalue weighted by Gasteiger charge is -2.18. The first kappa shape index (κ1) is 14.8. The predicted octanol–water partition coefficient (Wildman–Crippen LogP) is 3.51. The van der Waals surface area contributed by atoms with Crippen molar-refractivity contribution in [3.05, 3.63) is 56.4 Å². The lowest BCUT2D eigenvalue weighted by Crippen LogP contribution is -2.24. The highest BCUT2D eigenvalue weighted by molar-refractivity contribution is 9.10. The molecule has 4 nitrogen and oxygen atoms in total. The van der Waals surface area contributed by atoms with Crippen LogP contribution in [0.2, 0.25) is 0 Å². The van der Waals surface area contributed by atoms with Crippen molar-refractivity contribution in [3.8, 4) is 0 Å². The number of rotatable bonds is 4. The van der Waals surface area contributed by atoms with Crippen LogP contribution in [0.5, 0.6) is 0 Å². The smallest absolute Gasteiger partial charge is 0.283 e. The highest BCUT2D eigenvalue weighted by Gasteiger charge is 2.12. The molecule has 1 unspecified atom stereocenters. The Bertz CT molecular complexity index is 666. The maximum Gasteiger partial charge on any atom is 0.283 e. The number of hydrogen-bond acceptors (Lipinski definition) is 3. The average molecular weight is 336 g/mol. The molecule has 1 aromatic carbocycles. The van der Waals surface area contributed by atoms with Gasteiger partial charge in [0.25, 0.3) is 5.56 Å². The van der Waals surface area contributed by atoms with Crippen LogP contribution in [0.3, 0.4) is 0 Å². The van der Waals surface area contributed by atoms with Crippen LogP contribution in [-0.4, -0.2) is 9.78 Å². The number of aromatic nitrogens is 2. The normalized spacial score (nSPS) is 12.2. The zero-order valence-electron chi connectivity index (χ0n) is 11.9. The Morgan fingerprint density at radius 3 is 2.75 bits per heavy atom. The van der Waals surface area contributed by atoms with Crippen molar-refractivity contribution in [1.29, 1.82) is 0 Å². The molecule has 0 aliphatic heterocycles. The summed E-state index contributed by atoms with van der Waals surface area (Å²) in [7, 11) is 0. The third-order valence-electron chi connectivity index (χ3n) is 3.31. The minimum absolute atomic E-state index is 0.103. The van der Waals surface area contributed by atoms with E-state index in [1.165, 1.54) is 15.8 Å². The summed E-state index contributed by atoms with van der Waals surface area (Å²) in [4.78, 5) is 12.0. The second kappa shape index (κ2) is 6.22. The summed E-state index contributed by atoms with van der Waals surface area (Å²) in [6, 6.07) is 8.30. The van der Waals surface area contributed by atoms with E-state index in [1.807, 2.05) is 19.1 Å². The van der Waals surface area contributed by atoms with Crippen LogP contribution in [0.15, 0.2) is 39.7 Å². The number of benzene rings is 1. The Hall–Kier alpha value is -1.62. The van der Waals surface area contributed by atoms with E-state index in [1.54, 1.807) is 6.20 Å². The summed E-state index contributed by atoms with van der Waals surface area (Å²) in [5.74, 6) is 0. The van der Waals surface area contributed by atoms with E-state index in [2.05, 4.69) is 52.3 Å². The molecule has 106 valence electrons. The standard InChI is InChI=1S/C15H18BrN3O/c1-4-19-15(20)14(16)13(9-17-19)18-11(3)12-8-6-5-7-10(12)2/h5-9,11,18H,4H2,1-3H3. The van der Waals surface area contributed by atoms with Gasteiger partial charge in [0.2, 0.25) is 0 Å². The predicted molar refractivity (Wildman–Crippen MR) is 85.1 cm³/mol. The number of halogens is 1. The maximum absolute atomic E-state index is 12.0. The lowest BCUT2D eigenvalue weighted by molar-refractivity contribution is 0.612. The van der Waals surface area contributed by atoms with Crippen molar-refractivity contribution in [2.75, 3.05) is 5.32 Å². The number of hydrogen-bond donors (Lipinski definition) is 1. The molecule has 0 amide bonds. The summed E-state index contributed by atoms with van der Waals surface area (Å²) < 4.78 is 1.95. The van der Waals surface area contributed by atoms with Crippen LogP contribution < -0.4 is 10.9 Å². The molecule has 0 saturated heterocycles. The molecule has 1 aromatic heterocycles. The molecule has 0 spiro atoms. The van der Waals surface area contributed by atoms with Crippen LogP contribution in [0.25, 0.3) is 0 Å². The fourth-order valence-electron chi connectivity index (χ4n) is 2.17. The number of anilines is 1. The first-order chi connectivity index (χ1) is 9.54. The topological polar surface area (TPSA) is 46.9 Å². The van der Waals surface area contributed by atoms with Gasteiger partial charge in [0.1, 0.15) is 4.47 Å². The summed E-state index contributed by atoms with van der Waals surface area (Å²) in [6.07, 6.45) is 1.68. The highest BCUT2D eigenvalue weighted by Crippen LogP contribution is 2.24. The van der Waals surface area contributed by atoms with Gasteiger partial charge in [-0.15, -0.1) is 0 Å².